The Morgan fingerprint density at radius 1 is 0.963 bits per heavy atom. The van der Waals surface area contributed by atoms with Gasteiger partial charge in [0, 0.05) is 40.0 Å². The van der Waals surface area contributed by atoms with Crippen LogP contribution < -0.4 is 5.32 Å². The Kier molecular flexibility index (Phi) is 4.66. The van der Waals surface area contributed by atoms with Crippen LogP contribution >= 0.6 is 0 Å². The topological polar surface area (TPSA) is 40.7 Å². The molecule has 2 aromatic carbocycles. The fraction of sp³-hybridized carbons (Fsp3) is 0.261. The number of hydrogen-bond acceptors (Lipinski definition) is 2. The van der Waals surface area contributed by atoms with Crippen molar-refractivity contribution in [2.45, 2.75) is 33.4 Å². The summed E-state index contributed by atoms with van der Waals surface area (Å²) >= 11 is 0. The van der Waals surface area contributed by atoms with Crippen molar-refractivity contribution in [1.29, 1.82) is 0 Å². The second-order valence-electron chi connectivity index (χ2n) is 7.47. The Balaban J connectivity index is 1.68. The van der Waals surface area contributed by atoms with Crippen LogP contribution in [0.15, 0.2) is 54.6 Å². The molecular weight excluding hydrogens is 337 g/mol. The van der Waals surface area contributed by atoms with Gasteiger partial charge in [0.2, 0.25) is 0 Å². The van der Waals surface area contributed by atoms with E-state index in [0.29, 0.717) is 24.2 Å². The fourth-order valence-corrected chi connectivity index (χ4v) is 3.28. The highest BCUT2D eigenvalue weighted by Gasteiger charge is 2.12. The molecule has 2 heterocycles. The molecule has 27 heavy (non-hydrogen) atoms. The van der Waals surface area contributed by atoms with E-state index in [1.165, 1.54) is 16.8 Å². The number of fused-ring (bicyclic) bond motifs is 3. The number of para-hydroxylation sites is 1. The third-order valence-electron chi connectivity index (χ3n) is 5.31. The van der Waals surface area contributed by atoms with Crippen LogP contribution in [0.1, 0.15) is 26.5 Å². The van der Waals surface area contributed by atoms with Gasteiger partial charge < -0.3 is 10.3 Å². The number of nitrogens with one attached hydrogen (secondary N) is 2. The first kappa shape index (κ1) is 17.7. The molecule has 2 aromatic heterocycles. The quantitative estimate of drug-likeness (QED) is 0.482. The van der Waals surface area contributed by atoms with Crippen molar-refractivity contribution in [3.8, 4) is 11.3 Å². The van der Waals surface area contributed by atoms with E-state index < -0.39 is 0 Å². The van der Waals surface area contributed by atoms with E-state index in [-0.39, 0.29) is 5.82 Å². The molecule has 138 valence electrons. The third kappa shape index (κ3) is 3.45. The first-order chi connectivity index (χ1) is 13.0. The zero-order valence-corrected chi connectivity index (χ0v) is 15.9. The molecule has 0 saturated carbocycles. The fourth-order valence-electron chi connectivity index (χ4n) is 3.28. The van der Waals surface area contributed by atoms with Crippen molar-refractivity contribution in [3.05, 3.63) is 66.1 Å². The van der Waals surface area contributed by atoms with Gasteiger partial charge in [0.05, 0.1) is 11.4 Å². The molecule has 4 rings (SSSR count). The lowest BCUT2D eigenvalue weighted by Crippen LogP contribution is -2.30. The Morgan fingerprint density at radius 3 is 2.56 bits per heavy atom. The van der Waals surface area contributed by atoms with Gasteiger partial charge in [0.25, 0.3) is 0 Å². The number of aromatic nitrogens is 2. The predicted octanol–water partition coefficient (Wildman–Crippen LogP) is 5.66. The Bertz CT molecular complexity index is 1100. The highest BCUT2D eigenvalue weighted by atomic mass is 19.1. The Labute approximate surface area is 158 Å². The van der Waals surface area contributed by atoms with Crippen molar-refractivity contribution < 1.29 is 4.39 Å². The number of aromatic amines is 1. The lowest BCUT2D eigenvalue weighted by molar-refractivity contribution is 0.418. The van der Waals surface area contributed by atoms with E-state index >= 15 is 0 Å². The third-order valence-corrected chi connectivity index (χ3v) is 5.31. The van der Waals surface area contributed by atoms with Gasteiger partial charge in [-0.1, -0.05) is 44.2 Å². The second kappa shape index (κ2) is 7.12. The van der Waals surface area contributed by atoms with Crippen LogP contribution in [0.2, 0.25) is 0 Å². The van der Waals surface area contributed by atoms with E-state index in [4.69, 9.17) is 0 Å². The molecule has 0 aliphatic carbocycles. The largest absolute Gasteiger partial charge is 0.354 e. The average Bonchev–Trinajstić information content (AvgIpc) is 3.04. The van der Waals surface area contributed by atoms with Crippen LogP contribution in [0.25, 0.3) is 33.1 Å². The number of halogens is 1. The predicted molar refractivity (Wildman–Crippen MR) is 110 cm³/mol. The van der Waals surface area contributed by atoms with Gasteiger partial charge in [-0.2, -0.15) is 0 Å². The summed E-state index contributed by atoms with van der Waals surface area (Å²) in [7, 11) is 0. The first-order valence-electron chi connectivity index (χ1n) is 9.42. The molecule has 0 amide bonds. The molecule has 0 saturated heterocycles. The smallest absolute Gasteiger partial charge is 0.146 e. The van der Waals surface area contributed by atoms with E-state index in [9.17, 15) is 4.39 Å². The van der Waals surface area contributed by atoms with Crippen molar-refractivity contribution in [1.82, 2.24) is 15.3 Å². The van der Waals surface area contributed by atoms with E-state index in [1.54, 1.807) is 6.07 Å². The summed E-state index contributed by atoms with van der Waals surface area (Å²) in [5.74, 6) is 0.217. The molecule has 0 spiro atoms. The van der Waals surface area contributed by atoms with Crippen molar-refractivity contribution in [2.24, 2.45) is 5.92 Å². The Hall–Kier alpha value is -2.72. The van der Waals surface area contributed by atoms with Crippen LogP contribution in [0, 0.1) is 11.7 Å². The summed E-state index contributed by atoms with van der Waals surface area (Å²) < 4.78 is 14.2. The van der Waals surface area contributed by atoms with Gasteiger partial charge in [-0.3, -0.25) is 0 Å². The van der Waals surface area contributed by atoms with Crippen LogP contribution in [0.5, 0.6) is 0 Å². The molecule has 0 aliphatic rings. The van der Waals surface area contributed by atoms with E-state index in [2.05, 4.69) is 66.4 Å². The summed E-state index contributed by atoms with van der Waals surface area (Å²) in [6.07, 6.45) is 0. The summed E-state index contributed by atoms with van der Waals surface area (Å²) in [6, 6.07) is 18.1. The van der Waals surface area contributed by atoms with Gasteiger partial charge in [-0.05, 0) is 37.1 Å². The molecule has 1 atom stereocenters. The lowest BCUT2D eigenvalue weighted by atomic mass is 10.1. The molecule has 0 aliphatic heterocycles. The summed E-state index contributed by atoms with van der Waals surface area (Å²) in [5.41, 5.74) is 4.40. The molecule has 0 radical (unpaired) electrons. The molecule has 0 bridgehead atoms. The number of pyridine rings is 1. The van der Waals surface area contributed by atoms with E-state index in [1.807, 2.05) is 12.1 Å². The lowest BCUT2D eigenvalue weighted by Gasteiger charge is -2.17. The first-order valence-corrected chi connectivity index (χ1v) is 9.42. The van der Waals surface area contributed by atoms with Crippen LogP contribution in [-0.4, -0.2) is 16.0 Å². The maximum absolute atomic E-state index is 14.2. The monoisotopic (exact) mass is 361 g/mol. The molecule has 4 aromatic rings. The number of rotatable bonds is 5. The minimum Gasteiger partial charge on any atom is -0.354 e. The highest BCUT2D eigenvalue weighted by Crippen LogP contribution is 2.29. The maximum atomic E-state index is 14.2. The maximum Gasteiger partial charge on any atom is 0.146 e. The zero-order chi connectivity index (χ0) is 19.0. The van der Waals surface area contributed by atoms with Crippen molar-refractivity contribution >= 4 is 21.8 Å². The van der Waals surface area contributed by atoms with Gasteiger partial charge in [-0.25, -0.2) is 9.37 Å². The normalized spacial score (nSPS) is 12.9. The number of hydrogen-bond donors (Lipinski definition) is 2. The summed E-state index contributed by atoms with van der Waals surface area (Å²) in [4.78, 5) is 8.04. The molecule has 0 unspecified atom stereocenters. The highest BCUT2D eigenvalue weighted by molar-refractivity contribution is 6.08. The Morgan fingerprint density at radius 2 is 1.74 bits per heavy atom. The van der Waals surface area contributed by atoms with Crippen molar-refractivity contribution in [2.75, 3.05) is 0 Å². The minimum absolute atomic E-state index is 0.270. The summed E-state index contributed by atoms with van der Waals surface area (Å²) in [6.45, 7) is 6.82. The van der Waals surface area contributed by atoms with Crippen LogP contribution in [0.4, 0.5) is 4.39 Å². The SMILES string of the molecule is CC(C)[C@@H](C)NCc1nc(-c2ccc3c(c2)[nH]c2ccccc23)ccc1F. The van der Waals surface area contributed by atoms with Crippen LogP contribution in [-0.2, 0) is 6.54 Å². The second-order valence-corrected chi connectivity index (χ2v) is 7.47. The minimum atomic E-state index is -0.270. The number of nitrogens with zero attached hydrogens (tertiary/aromatic N) is 1. The molecule has 4 heteroatoms. The molecule has 3 nitrogen and oxygen atoms in total. The summed E-state index contributed by atoms with van der Waals surface area (Å²) in [5, 5.41) is 5.75. The van der Waals surface area contributed by atoms with Gasteiger partial charge >= 0.3 is 0 Å². The molecular formula is C23H24FN3. The molecule has 2 N–H and O–H groups in total. The van der Waals surface area contributed by atoms with Gasteiger partial charge in [0.15, 0.2) is 0 Å². The van der Waals surface area contributed by atoms with Crippen molar-refractivity contribution in [3.63, 3.8) is 0 Å². The van der Waals surface area contributed by atoms with Gasteiger partial charge in [0.1, 0.15) is 5.82 Å². The number of benzene rings is 2. The standard InChI is InChI=1S/C23H24FN3/c1-14(2)15(3)25-13-23-19(24)10-11-20(26-23)16-8-9-18-17-6-4-5-7-21(17)27-22(18)12-16/h4-12,14-15,25,27H,13H2,1-3H3/t15-/m1/s1. The van der Waals surface area contributed by atoms with Crippen LogP contribution in [0.3, 0.4) is 0 Å². The molecule has 0 fully saturated rings. The zero-order valence-electron chi connectivity index (χ0n) is 15.9. The average molecular weight is 361 g/mol. The van der Waals surface area contributed by atoms with E-state index in [0.717, 1.165) is 22.3 Å². The number of H-pyrrole nitrogens is 1. The van der Waals surface area contributed by atoms with Gasteiger partial charge in [-0.15, -0.1) is 0 Å².